The maximum atomic E-state index is 11.3. The summed E-state index contributed by atoms with van der Waals surface area (Å²) >= 11 is 0. The van der Waals surface area contributed by atoms with E-state index in [2.05, 4.69) is 26.0 Å². The van der Waals surface area contributed by atoms with Gasteiger partial charge in [0.15, 0.2) is 0 Å². The molecule has 3 saturated carbocycles. The van der Waals surface area contributed by atoms with E-state index in [1.807, 2.05) is 0 Å². The van der Waals surface area contributed by atoms with E-state index in [1.165, 1.54) is 44.9 Å². The summed E-state index contributed by atoms with van der Waals surface area (Å²) in [4.78, 5) is 11.3. The Bertz CT molecular complexity index is 524. The van der Waals surface area contributed by atoms with E-state index < -0.39 is 5.97 Å². The molecule has 4 aliphatic carbocycles. The molecule has 1 N–H and O–H groups in total. The molecule has 0 bridgehead atoms. The molecule has 3 fully saturated rings. The van der Waals surface area contributed by atoms with Crippen LogP contribution in [0.15, 0.2) is 12.2 Å². The van der Waals surface area contributed by atoms with Crippen molar-refractivity contribution in [1.82, 2.24) is 0 Å². The molecule has 0 heterocycles. The predicted octanol–water partition coefficient (Wildman–Crippen LogP) is 5.29. The van der Waals surface area contributed by atoms with Crippen molar-refractivity contribution in [2.24, 2.45) is 40.4 Å². The van der Waals surface area contributed by atoms with Crippen molar-refractivity contribution >= 4 is 5.97 Å². The molecular formula is C21H32O2. The molecule has 4 aliphatic rings. The van der Waals surface area contributed by atoms with Crippen LogP contribution in [0, 0.1) is 40.4 Å². The number of fused-ring (bicyclic) bond motifs is 5. The first-order chi connectivity index (χ1) is 10.9. The van der Waals surface area contributed by atoms with Crippen molar-refractivity contribution in [1.29, 1.82) is 0 Å². The van der Waals surface area contributed by atoms with Crippen molar-refractivity contribution < 1.29 is 9.90 Å². The van der Waals surface area contributed by atoms with Gasteiger partial charge in [0.05, 0.1) is 0 Å². The van der Waals surface area contributed by atoms with Crippen LogP contribution in [0.1, 0.15) is 71.6 Å². The van der Waals surface area contributed by atoms with Gasteiger partial charge in [-0.3, -0.25) is 4.79 Å². The average Bonchev–Trinajstić information content (AvgIpc) is 2.83. The van der Waals surface area contributed by atoms with Crippen LogP contribution < -0.4 is 0 Å². The molecule has 0 amide bonds. The first kappa shape index (κ1) is 15.7. The summed E-state index contributed by atoms with van der Waals surface area (Å²) < 4.78 is 0. The van der Waals surface area contributed by atoms with E-state index in [4.69, 9.17) is 0 Å². The fraction of sp³-hybridized carbons (Fsp3) is 0.857. The molecule has 128 valence electrons. The number of allylic oxidation sites excluding steroid dienone is 2. The van der Waals surface area contributed by atoms with Crippen molar-refractivity contribution in [2.75, 3.05) is 0 Å². The quantitative estimate of drug-likeness (QED) is 0.703. The van der Waals surface area contributed by atoms with E-state index in [0.717, 1.165) is 30.1 Å². The summed E-state index contributed by atoms with van der Waals surface area (Å²) in [5, 5.41) is 9.30. The lowest BCUT2D eigenvalue weighted by Gasteiger charge is -2.59. The van der Waals surface area contributed by atoms with E-state index in [-0.39, 0.29) is 0 Å². The molecule has 0 aromatic rings. The summed E-state index contributed by atoms with van der Waals surface area (Å²) in [7, 11) is 0. The van der Waals surface area contributed by atoms with Crippen molar-refractivity contribution in [3.05, 3.63) is 12.2 Å². The van der Waals surface area contributed by atoms with Gasteiger partial charge in [0.1, 0.15) is 0 Å². The minimum atomic E-state index is -0.591. The Hall–Kier alpha value is -0.790. The van der Waals surface area contributed by atoms with Crippen LogP contribution in [0.25, 0.3) is 0 Å². The van der Waals surface area contributed by atoms with Crippen molar-refractivity contribution in [2.45, 2.75) is 71.6 Å². The van der Waals surface area contributed by atoms with Gasteiger partial charge in [-0.15, -0.1) is 0 Å². The Morgan fingerprint density at radius 3 is 2.61 bits per heavy atom. The number of aliphatic carboxylic acids is 1. The van der Waals surface area contributed by atoms with Crippen LogP contribution in [-0.4, -0.2) is 11.1 Å². The number of carboxylic acid groups (broad SMARTS) is 1. The molecule has 7 atom stereocenters. The van der Waals surface area contributed by atoms with Gasteiger partial charge in [-0.1, -0.05) is 26.0 Å². The zero-order valence-electron chi connectivity index (χ0n) is 14.8. The largest absolute Gasteiger partial charge is 0.481 e. The number of rotatable bonds is 2. The molecule has 0 aromatic heterocycles. The number of carbonyl (C=O) groups is 1. The van der Waals surface area contributed by atoms with Crippen LogP contribution in [0.5, 0.6) is 0 Å². The van der Waals surface area contributed by atoms with Crippen LogP contribution in [0.2, 0.25) is 0 Å². The standard InChI is InChI=1S/C21H32O2/c1-20-11-4-3-5-14(20)6-8-16-17-9-7-15(13-19(22)23)21(17,2)12-10-18(16)20/h3-4,14-18H,5-13H2,1-2H3,(H,22,23)/t14?,15-,16+,17+,18+,20+,21-/m1/s1. The third kappa shape index (κ3) is 2.23. The Morgan fingerprint density at radius 1 is 1.04 bits per heavy atom. The molecule has 0 radical (unpaired) electrons. The lowest BCUT2D eigenvalue weighted by molar-refractivity contribution is -0.141. The molecule has 2 nitrogen and oxygen atoms in total. The SMILES string of the molecule is C[C@]12CC[C@H]3[C@@H](CCC4CC=CC[C@@]43C)[C@@H]1CC[C@@H]2CC(=O)O. The van der Waals surface area contributed by atoms with Crippen LogP contribution in [0.3, 0.4) is 0 Å². The molecule has 0 spiro atoms. The minimum absolute atomic E-state index is 0.299. The highest BCUT2D eigenvalue weighted by Gasteiger charge is 2.59. The van der Waals surface area contributed by atoms with Gasteiger partial charge in [-0.05, 0) is 91.8 Å². The fourth-order valence-corrected chi connectivity index (χ4v) is 7.49. The molecule has 23 heavy (non-hydrogen) atoms. The molecule has 2 heteroatoms. The molecule has 4 rings (SSSR count). The number of hydrogen-bond donors (Lipinski definition) is 1. The Morgan fingerprint density at radius 2 is 1.83 bits per heavy atom. The van der Waals surface area contributed by atoms with E-state index in [0.29, 0.717) is 23.2 Å². The summed E-state index contributed by atoms with van der Waals surface area (Å²) in [5.74, 6) is 3.26. The van der Waals surface area contributed by atoms with E-state index in [1.54, 1.807) is 0 Å². The molecule has 1 unspecified atom stereocenters. The lowest BCUT2D eigenvalue weighted by atomic mass is 9.45. The Labute approximate surface area is 140 Å². The highest BCUT2D eigenvalue weighted by molar-refractivity contribution is 5.67. The Kier molecular flexibility index (Phi) is 3.66. The molecular weight excluding hydrogens is 284 g/mol. The minimum Gasteiger partial charge on any atom is -0.481 e. The highest BCUT2D eigenvalue weighted by atomic mass is 16.4. The van der Waals surface area contributed by atoms with Gasteiger partial charge in [0.25, 0.3) is 0 Å². The summed E-state index contributed by atoms with van der Waals surface area (Å²) in [6.45, 7) is 5.01. The third-order valence-electron chi connectivity index (χ3n) is 8.83. The predicted molar refractivity (Wildman–Crippen MR) is 92.0 cm³/mol. The molecule has 0 aromatic carbocycles. The first-order valence-electron chi connectivity index (χ1n) is 9.82. The van der Waals surface area contributed by atoms with Gasteiger partial charge in [0.2, 0.25) is 0 Å². The third-order valence-corrected chi connectivity index (χ3v) is 8.83. The maximum Gasteiger partial charge on any atom is 0.303 e. The molecule has 0 saturated heterocycles. The van der Waals surface area contributed by atoms with Crippen molar-refractivity contribution in [3.8, 4) is 0 Å². The van der Waals surface area contributed by atoms with Crippen LogP contribution in [-0.2, 0) is 4.79 Å². The fourth-order valence-electron chi connectivity index (χ4n) is 7.49. The average molecular weight is 316 g/mol. The number of carboxylic acids is 1. The Balaban J connectivity index is 1.60. The van der Waals surface area contributed by atoms with E-state index in [9.17, 15) is 9.90 Å². The lowest BCUT2D eigenvalue weighted by Crippen LogP contribution is -2.52. The second-order valence-electron chi connectivity index (χ2n) is 9.48. The number of hydrogen-bond acceptors (Lipinski definition) is 1. The van der Waals surface area contributed by atoms with Gasteiger partial charge in [-0.2, -0.15) is 0 Å². The van der Waals surface area contributed by atoms with Crippen LogP contribution >= 0.6 is 0 Å². The second-order valence-corrected chi connectivity index (χ2v) is 9.48. The van der Waals surface area contributed by atoms with Crippen molar-refractivity contribution in [3.63, 3.8) is 0 Å². The maximum absolute atomic E-state index is 11.3. The molecule has 0 aliphatic heterocycles. The highest BCUT2D eigenvalue weighted by Crippen LogP contribution is 2.67. The summed E-state index contributed by atoms with van der Waals surface area (Å²) in [6, 6.07) is 0. The van der Waals surface area contributed by atoms with E-state index >= 15 is 0 Å². The summed E-state index contributed by atoms with van der Waals surface area (Å²) in [6.07, 6.45) is 15.7. The van der Waals surface area contributed by atoms with Gasteiger partial charge in [-0.25, -0.2) is 0 Å². The normalized spacial score (nSPS) is 51.7. The van der Waals surface area contributed by atoms with Gasteiger partial charge >= 0.3 is 5.97 Å². The zero-order valence-corrected chi connectivity index (χ0v) is 14.8. The topological polar surface area (TPSA) is 37.3 Å². The van der Waals surface area contributed by atoms with Gasteiger partial charge < -0.3 is 5.11 Å². The van der Waals surface area contributed by atoms with Gasteiger partial charge in [0, 0.05) is 6.42 Å². The van der Waals surface area contributed by atoms with Crippen LogP contribution in [0.4, 0.5) is 0 Å². The monoisotopic (exact) mass is 316 g/mol. The summed E-state index contributed by atoms with van der Waals surface area (Å²) in [5.41, 5.74) is 0.817. The zero-order chi connectivity index (χ0) is 16.2. The second kappa shape index (κ2) is 5.36. The smallest absolute Gasteiger partial charge is 0.303 e. The first-order valence-corrected chi connectivity index (χ1v) is 9.82.